The van der Waals surface area contributed by atoms with Crippen LogP contribution in [0, 0.1) is 5.41 Å². The van der Waals surface area contributed by atoms with Crippen LogP contribution in [0.3, 0.4) is 0 Å². The van der Waals surface area contributed by atoms with E-state index in [0.717, 1.165) is 0 Å². The third-order valence-corrected chi connectivity index (χ3v) is 4.37. The zero-order valence-corrected chi connectivity index (χ0v) is 14.1. The summed E-state index contributed by atoms with van der Waals surface area (Å²) in [6, 6.07) is -0.252. The molecular weight excluding hydrogens is 272 g/mol. The molecule has 6 nitrogen and oxygen atoms in total. The molecule has 1 fully saturated rings. The van der Waals surface area contributed by atoms with Crippen molar-refractivity contribution in [3.8, 4) is 0 Å². The van der Waals surface area contributed by atoms with Crippen molar-refractivity contribution >= 4 is 12.0 Å². The van der Waals surface area contributed by atoms with Crippen LogP contribution in [0.1, 0.15) is 48.5 Å². The van der Waals surface area contributed by atoms with Gasteiger partial charge in [0.1, 0.15) is 0 Å². The number of ether oxygens (including phenoxy) is 1. The number of urea groups is 1. The monoisotopic (exact) mass is 300 g/mol. The van der Waals surface area contributed by atoms with Crippen molar-refractivity contribution in [1.29, 1.82) is 0 Å². The highest BCUT2D eigenvalue weighted by atomic mass is 16.5. The van der Waals surface area contributed by atoms with Crippen molar-refractivity contribution in [3.63, 3.8) is 0 Å². The molecule has 1 aliphatic heterocycles. The lowest BCUT2D eigenvalue weighted by atomic mass is 9.74. The molecule has 1 heterocycles. The summed E-state index contributed by atoms with van der Waals surface area (Å²) >= 11 is 0. The van der Waals surface area contributed by atoms with Gasteiger partial charge in [0.25, 0.3) is 0 Å². The standard InChI is InChI=1S/C15H28N2O4/c1-10-8-17(9-13(2,3)21-10)12(20)16-15(6,7)14(4,5)11(18)19/h10H,8-9H2,1-7H3,(H,16,20)(H,18,19). The first-order valence-electron chi connectivity index (χ1n) is 7.27. The van der Waals surface area contributed by atoms with Crippen molar-refractivity contribution in [2.75, 3.05) is 13.1 Å². The molecule has 0 aliphatic carbocycles. The number of aliphatic carboxylic acids is 1. The molecule has 1 rings (SSSR count). The number of nitrogens with zero attached hydrogens (tertiary/aromatic N) is 1. The Morgan fingerprint density at radius 3 is 2.24 bits per heavy atom. The van der Waals surface area contributed by atoms with Crippen molar-refractivity contribution in [2.45, 2.75) is 65.7 Å². The van der Waals surface area contributed by atoms with Crippen LogP contribution in [-0.2, 0) is 9.53 Å². The number of carboxylic acid groups (broad SMARTS) is 1. The molecule has 0 bridgehead atoms. The quantitative estimate of drug-likeness (QED) is 0.836. The number of carbonyl (C=O) groups excluding carboxylic acids is 1. The van der Waals surface area contributed by atoms with Crippen LogP contribution in [0.4, 0.5) is 4.79 Å². The molecule has 1 saturated heterocycles. The SMILES string of the molecule is CC1CN(C(=O)NC(C)(C)C(C)(C)C(=O)O)CC(C)(C)O1. The summed E-state index contributed by atoms with van der Waals surface area (Å²) < 4.78 is 5.77. The van der Waals surface area contributed by atoms with E-state index in [-0.39, 0.29) is 12.1 Å². The van der Waals surface area contributed by atoms with Gasteiger partial charge in [-0.25, -0.2) is 4.79 Å². The second-order valence-electron chi connectivity index (χ2n) is 7.55. The highest BCUT2D eigenvalue weighted by Crippen LogP contribution is 2.31. The number of carboxylic acids is 1. The first kappa shape index (κ1) is 17.8. The van der Waals surface area contributed by atoms with Crippen molar-refractivity contribution < 1.29 is 19.4 Å². The third-order valence-electron chi connectivity index (χ3n) is 4.37. The number of nitrogens with one attached hydrogen (secondary N) is 1. The van der Waals surface area contributed by atoms with Crippen LogP contribution in [0.25, 0.3) is 0 Å². The molecule has 2 amide bonds. The van der Waals surface area contributed by atoms with E-state index in [9.17, 15) is 14.7 Å². The van der Waals surface area contributed by atoms with Gasteiger partial charge in [0.05, 0.1) is 29.2 Å². The molecule has 1 atom stereocenters. The summed E-state index contributed by atoms with van der Waals surface area (Å²) in [5.74, 6) is -0.941. The summed E-state index contributed by atoms with van der Waals surface area (Å²) in [5.41, 5.74) is -2.35. The molecule has 0 aromatic rings. The number of carbonyl (C=O) groups is 2. The molecule has 0 saturated carbocycles. The lowest BCUT2D eigenvalue weighted by Gasteiger charge is -2.44. The minimum Gasteiger partial charge on any atom is -0.481 e. The number of rotatable bonds is 3. The zero-order valence-electron chi connectivity index (χ0n) is 14.1. The van der Waals surface area contributed by atoms with Gasteiger partial charge in [0.2, 0.25) is 0 Å². The Balaban J connectivity index is 2.83. The fourth-order valence-corrected chi connectivity index (χ4v) is 2.38. The first-order chi connectivity index (χ1) is 9.28. The second kappa shape index (κ2) is 5.48. The Hall–Kier alpha value is -1.30. The Morgan fingerprint density at radius 1 is 1.29 bits per heavy atom. The van der Waals surface area contributed by atoms with E-state index >= 15 is 0 Å². The van der Waals surface area contributed by atoms with Gasteiger partial charge in [-0.2, -0.15) is 0 Å². The normalized spacial score (nSPS) is 22.8. The van der Waals surface area contributed by atoms with Gasteiger partial charge in [-0.15, -0.1) is 0 Å². The number of hydrogen-bond acceptors (Lipinski definition) is 3. The molecule has 0 radical (unpaired) electrons. The van der Waals surface area contributed by atoms with Crippen LogP contribution >= 0.6 is 0 Å². The van der Waals surface area contributed by atoms with Gasteiger partial charge in [-0.05, 0) is 48.5 Å². The van der Waals surface area contributed by atoms with Crippen LogP contribution in [0.2, 0.25) is 0 Å². The molecule has 122 valence electrons. The van der Waals surface area contributed by atoms with Gasteiger partial charge >= 0.3 is 12.0 Å². The average molecular weight is 300 g/mol. The van der Waals surface area contributed by atoms with Gasteiger partial charge < -0.3 is 20.1 Å². The van der Waals surface area contributed by atoms with E-state index in [1.54, 1.807) is 32.6 Å². The lowest BCUT2D eigenvalue weighted by molar-refractivity contribution is -0.151. The van der Waals surface area contributed by atoms with Crippen molar-refractivity contribution in [3.05, 3.63) is 0 Å². The van der Waals surface area contributed by atoms with Crippen LogP contribution in [0.15, 0.2) is 0 Å². The molecule has 21 heavy (non-hydrogen) atoms. The number of amides is 2. The van der Waals surface area contributed by atoms with Gasteiger partial charge in [0, 0.05) is 6.54 Å². The molecular formula is C15H28N2O4. The maximum Gasteiger partial charge on any atom is 0.318 e. The predicted molar refractivity (Wildman–Crippen MR) is 80.2 cm³/mol. The van der Waals surface area contributed by atoms with E-state index in [1.807, 2.05) is 20.8 Å². The zero-order chi connectivity index (χ0) is 16.6. The minimum absolute atomic E-state index is 0.0462. The van der Waals surface area contributed by atoms with E-state index in [0.29, 0.717) is 13.1 Å². The molecule has 0 spiro atoms. The summed E-state index contributed by atoms with van der Waals surface area (Å²) in [5, 5.41) is 12.2. The Bertz CT molecular complexity index is 429. The van der Waals surface area contributed by atoms with Crippen molar-refractivity contribution in [1.82, 2.24) is 10.2 Å². The maximum absolute atomic E-state index is 12.5. The second-order valence-corrected chi connectivity index (χ2v) is 7.55. The summed E-state index contributed by atoms with van der Waals surface area (Å²) in [7, 11) is 0. The molecule has 1 unspecified atom stereocenters. The molecule has 0 aromatic heterocycles. The highest BCUT2D eigenvalue weighted by molar-refractivity contribution is 5.79. The smallest absolute Gasteiger partial charge is 0.318 e. The molecule has 6 heteroatoms. The molecule has 2 N–H and O–H groups in total. The Labute approximate surface area is 126 Å². The lowest BCUT2D eigenvalue weighted by Crippen LogP contribution is -2.63. The van der Waals surface area contributed by atoms with E-state index in [1.165, 1.54) is 0 Å². The Kier molecular flexibility index (Phi) is 4.63. The van der Waals surface area contributed by atoms with E-state index in [2.05, 4.69) is 5.32 Å². The van der Waals surface area contributed by atoms with Gasteiger partial charge in [-0.1, -0.05) is 0 Å². The van der Waals surface area contributed by atoms with Gasteiger partial charge in [0.15, 0.2) is 0 Å². The molecule has 1 aliphatic rings. The van der Waals surface area contributed by atoms with Crippen LogP contribution < -0.4 is 5.32 Å². The third kappa shape index (κ3) is 3.87. The largest absolute Gasteiger partial charge is 0.481 e. The summed E-state index contributed by atoms with van der Waals surface area (Å²) in [6.45, 7) is 13.5. The average Bonchev–Trinajstić information content (AvgIpc) is 2.24. The fraction of sp³-hybridized carbons (Fsp3) is 0.867. The summed E-state index contributed by atoms with van der Waals surface area (Å²) in [6.07, 6.45) is -0.0462. The first-order valence-corrected chi connectivity index (χ1v) is 7.27. The molecule has 0 aromatic carbocycles. The number of hydrogen-bond donors (Lipinski definition) is 2. The topological polar surface area (TPSA) is 78.9 Å². The van der Waals surface area contributed by atoms with E-state index in [4.69, 9.17) is 4.74 Å². The minimum atomic E-state index is -1.07. The predicted octanol–water partition coefficient (Wildman–Crippen LogP) is 2.08. The maximum atomic E-state index is 12.5. The van der Waals surface area contributed by atoms with E-state index < -0.39 is 22.5 Å². The number of morpholine rings is 1. The Morgan fingerprint density at radius 2 is 1.81 bits per heavy atom. The fourth-order valence-electron chi connectivity index (χ4n) is 2.38. The summed E-state index contributed by atoms with van der Waals surface area (Å²) in [4.78, 5) is 25.6. The van der Waals surface area contributed by atoms with Gasteiger partial charge in [-0.3, -0.25) is 4.79 Å². The van der Waals surface area contributed by atoms with Crippen LogP contribution in [0.5, 0.6) is 0 Å². The van der Waals surface area contributed by atoms with Crippen LogP contribution in [-0.4, -0.2) is 52.3 Å². The highest BCUT2D eigenvalue weighted by Gasteiger charge is 2.45. The van der Waals surface area contributed by atoms with Crippen molar-refractivity contribution in [2.24, 2.45) is 5.41 Å².